The lowest BCUT2D eigenvalue weighted by atomic mass is 10.1. The maximum Gasteiger partial charge on any atom is 0.230 e. The second kappa shape index (κ2) is 8.33. The quantitative estimate of drug-likeness (QED) is 0.764. The van der Waals surface area contributed by atoms with Gasteiger partial charge in [0.25, 0.3) is 0 Å². The van der Waals surface area contributed by atoms with Crippen molar-refractivity contribution in [1.82, 2.24) is 25.5 Å². The first-order valence-corrected chi connectivity index (χ1v) is 9.50. The van der Waals surface area contributed by atoms with Crippen molar-refractivity contribution < 1.29 is 9.53 Å². The highest BCUT2D eigenvalue weighted by Gasteiger charge is 2.22. The summed E-state index contributed by atoms with van der Waals surface area (Å²) in [6.45, 7) is 1.95. The van der Waals surface area contributed by atoms with Crippen LogP contribution in [0.4, 0.5) is 0 Å². The number of benzene rings is 1. The predicted octanol–water partition coefficient (Wildman–Crippen LogP) is 2.77. The summed E-state index contributed by atoms with van der Waals surface area (Å²) in [6.07, 6.45) is 4.64. The molecule has 25 heavy (non-hydrogen) atoms. The van der Waals surface area contributed by atoms with Crippen LogP contribution in [0.2, 0.25) is 0 Å². The Labute approximate surface area is 151 Å². The lowest BCUT2D eigenvalue weighted by Gasteiger charge is -2.17. The van der Waals surface area contributed by atoms with E-state index in [4.69, 9.17) is 4.74 Å². The van der Waals surface area contributed by atoms with Crippen molar-refractivity contribution >= 4 is 17.7 Å². The Morgan fingerprint density at radius 1 is 1.40 bits per heavy atom. The summed E-state index contributed by atoms with van der Waals surface area (Å²) in [5, 5.41) is 15.6. The molecule has 3 rings (SSSR count). The van der Waals surface area contributed by atoms with Gasteiger partial charge in [0.15, 0.2) is 0 Å². The summed E-state index contributed by atoms with van der Waals surface area (Å²) in [5.74, 6) is 1.00. The van der Waals surface area contributed by atoms with Crippen molar-refractivity contribution in [1.29, 1.82) is 0 Å². The van der Waals surface area contributed by atoms with E-state index in [-0.39, 0.29) is 17.7 Å². The zero-order valence-electron chi connectivity index (χ0n) is 14.5. The summed E-state index contributed by atoms with van der Waals surface area (Å²) in [6, 6.07) is 7.93. The van der Waals surface area contributed by atoms with Gasteiger partial charge in [0.1, 0.15) is 5.75 Å². The minimum absolute atomic E-state index is 0.0515. The normalized spacial score (nSPS) is 15.9. The first kappa shape index (κ1) is 17.7. The number of amides is 1. The molecular weight excluding hydrogens is 338 g/mol. The molecule has 1 fully saturated rings. The average molecular weight is 361 g/mol. The number of para-hydroxylation sites is 1. The molecule has 1 amide bonds. The molecule has 134 valence electrons. The van der Waals surface area contributed by atoms with Gasteiger partial charge in [-0.3, -0.25) is 4.79 Å². The molecule has 2 aromatic rings. The van der Waals surface area contributed by atoms with E-state index in [1.54, 1.807) is 7.11 Å². The van der Waals surface area contributed by atoms with Crippen molar-refractivity contribution in [3.05, 3.63) is 29.8 Å². The Hall–Kier alpha value is -2.09. The molecule has 1 aromatic heterocycles. The van der Waals surface area contributed by atoms with Gasteiger partial charge < -0.3 is 10.1 Å². The number of nitrogens with one attached hydrogen (secondary N) is 1. The molecule has 1 aliphatic rings. The van der Waals surface area contributed by atoms with Gasteiger partial charge in [-0.1, -0.05) is 42.8 Å². The number of tetrazole rings is 1. The Bertz CT molecular complexity index is 715. The number of ether oxygens (including phenoxy) is 1. The number of rotatable bonds is 7. The topological polar surface area (TPSA) is 81.9 Å². The largest absolute Gasteiger partial charge is 0.496 e. The van der Waals surface area contributed by atoms with Crippen molar-refractivity contribution in [3.63, 3.8) is 0 Å². The highest BCUT2D eigenvalue weighted by atomic mass is 32.2. The van der Waals surface area contributed by atoms with Crippen molar-refractivity contribution in [3.8, 4) is 5.75 Å². The zero-order valence-corrected chi connectivity index (χ0v) is 15.3. The van der Waals surface area contributed by atoms with E-state index in [0.717, 1.165) is 24.2 Å². The second-order valence-corrected chi connectivity index (χ2v) is 7.11. The van der Waals surface area contributed by atoms with Gasteiger partial charge in [-0.25, -0.2) is 4.68 Å². The van der Waals surface area contributed by atoms with E-state index in [1.807, 2.05) is 35.9 Å². The van der Waals surface area contributed by atoms with Crippen LogP contribution in [0, 0.1) is 0 Å². The standard InChI is InChI=1S/C17H23N5O2S/c1-12(14-9-5-6-10-15(14)24-2)18-16(23)11-25-17-19-20-21-22(17)13-7-3-4-8-13/h5-6,9-10,12-13H,3-4,7-8,11H2,1-2H3,(H,18,23). The molecule has 0 spiro atoms. The molecule has 1 saturated carbocycles. The van der Waals surface area contributed by atoms with Crippen LogP contribution in [-0.4, -0.2) is 39.0 Å². The third-order valence-electron chi connectivity index (χ3n) is 4.45. The molecular formula is C17H23N5O2S. The fraction of sp³-hybridized carbons (Fsp3) is 0.529. The summed E-state index contributed by atoms with van der Waals surface area (Å²) in [5.41, 5.74) is 0.958. The van der Waals surface area contributed by atoms with E-state index in [2.05, 4.69) is 20.8 Å². The maximum absolute atomic E-state index is 12.3. The van der Waals surface area contributed by atoms with Gasteiger partial charge in [0.05, 0.1) is 24.9 Å². The van der Waals surface area contributed by atoms with Crippen LogP contribution < -0.4 is 10.1 Å². The van der Waals surface area contributed by atoms with Crippen LogP contribution in [0.25, 0.3) is 0 Å². The van der Waals surface area contributed by atoms with Gasteiger partial charge in [-0.15, -0.1) is 5.10 Å². The number of thioether (sulfide) groups is 1. The minimum Gasteiger partial charge on any atom is -0.496 e. The van der Waals surface area contributed by atoms with Crippen LogP contribution >= 0.6 is 11.8 Å². The van der Waals surface area contributed by atoms with Crippen LogP contribution in [-0.2, 0) is 4.79 Å². The number of nitrogens with zero attached hydrogens (tertiary/aromatic N) is 4. The monoisotopic (exact) mass is 361 g/mol. The Morgan fingerprint density at radius 2 is 2.16 bits per heavy atom. The molecule has 7 nitrogen and oxygen atoms in total. The van der Waals surface area contributed by atoms with Gasteiger partial charge in [-0.05, 0) is 36.3 Å². The summed E-state index contributed by atoms with van der Waals surface area (Å²) < 4.78 is 7.22. The highest BCUT2D eigenvalue weighted by molar-refractivity contribution is 7.99. The van der Waals surface area contributed by atoms with Gasteiger partial charge in [0.2, 0.25) is 11.1 Å². The third-order valence-corrected chi connectivity index (χ3v) is 5.38. The fourth-order valence-electron chi connectivity index (χ4n) is 3.17. The molecule has 0 radical (unpaired) electrons. The molecule has 1 aromatic carbocycles. The predicted molar refractivity (Wildman–Crippen MR) is 95.6 cm³/mol. The average Bonchev–Trinajstić information content (AvgIpc) is 3.30. The minimum atomic E-state index is -0.130. The lowest BCUT2D eigenvalue weighted by molar-refractivity contribution is -0.119. The van der Waals surface area contributed by atoms with Crippen molar-refractivity contribution in [2.24, 2.45) is 0 Å². The van der Waals surface area contributed by atoms with E-state index in [1.165, 1.54) is 24.6 Å². The van der Waals surface area contributed by atoms with Gasteiger partial charge >= 0.3 is 0 Å². The van der Waals surface area contributed by atoms with Crippen LogP contribution in [0.5, 0.6) is 5.75 Å². The van der Waals surface area contributed by atoms with Gasteiger partial charge in [-0.2, -0.15) is 0 Å². The first-order valence-electron chi connectivity index (χ1n) is 8.52. The Morgan fingerprint density at radius 3 is 2.92 bits per heavy atom. The number of carbonyl (C=O) groups is 1. The summed E-state index contributed by atoms with van der Waals surface area (Å²) in [7, 11) is 1.63. The molecule has 0 aliphatic heterocycles. The Kier molecular flexibility index (Phi) is 5.91. The number of methoxy groups -OCH3 is 1. The molecule has 1 atom stereocenters. The molecule has 8 heteroatoms. The number of hydrogen-bond acceptors (Lipinski definition) is 6. The van der Waals surface area contributed by atoms with Crippen LogP contribution in [0.3, 0.4) is 0 Å². The van der Waals surface area contributed by atoms with E-state index >= 15 is 0 Å². The van der Waals surface area contributed by atoms with Crippen LogP contribution in [0.15, 0.2) is 29.4 Å². The second-order valence-electron chi connectivity index (χ2n) is 6.16. The zero-order chi connectivity index (χ0) is 17.6. The smallest absolute Gasteiger partial charge is 0.230 e. The van der Waals surface area contributed by atoms with E-state index < -0.39 is 0 Å². The maximum atomic E-state index is 12.3. The molecule has 1 unspecified atom stereocenters. The fourth-order valence-corrected chi connectivity index (χ4v) is 3.93. The van der Waals surface area contributed by atoms with Crippen LogP contribution in [0.1, 0.15) is 50.3 Å². The van der Waals surface area contributed by atoms with Crippen molar-refractivity contribution in [2.45, 2.75) is 49.8 Å². The van der Waals surface area contributed by atoms with E-state index in [0.29, 0.717) is 11.2 Å². The SMILES string of the molecule is COc1ccccc1C(C)NC(=O)CSc1nnnn1C1CCCC1. The number of hydrogen-bond donors (Lipinski definition) is 1. The summed E-state index contributed by atoms with van der Waals surface area (Å²) in [4.78, 5) is 12.3. The lowest BCUT2D eigenvalue weighted by Crippen LogP contribution is -2.28. The molecule has 0 saturated heterocycles. The molecule has 1 heterocycles. The number of carbonyl (C=O) groups excluding carboxylic acids is 1. The number of aromatic nitrogens is 4. The third kappa shape index (κ3) is 4.31. The highest BCUT2D eigenvalue weighted by Crippen LogP contribution is 2.31. The first-order chi connectivity index (χ1) is 12.2. The summed E-state index contributed by atoms with van der Waals surface area (Å²) >= 11 is 1.38. The molecule has 1 aliphatic carbocycles. The van der Waals surface area contributed by atoms with Gasteiger partial charge in [0, 0.05) is 5.56 Å². The molecule has 0 bridgehead atoms. The van der Waals surface area contributed by atoms with E-state index in [9.17, 15) is 4.79 Å². The molecule has 1 N–H and O–H groups in total. The Balaban J connectivity index is 1.56. The van der Waals surface area contributed by atoms with Crippen molar-refractivity contribution in [2.75, 3.05) is 12.9 Å².